The van der Waals surface area contributed by atoms with Gasteiger partial charge < -0.3 is 9.73 Å². The highest BCUT2D eigenvalue weighted by Gasteiger charge is 2.36. The standard InChI is InChI=1S/C37H27NO/c1-37(2)30-14-7-5-13-28(30)35-31(37)15-9-17-33(35)38-32-16-8-6-11-25(32)24-19-21-34-29(22-24)27-20-18-23-10-3-4-12-26(23)36(27)39-34/h3-22,38H,1-2H3. The molecular formula is C37H27NO. The number of furan rings is 1. The average Bonchev–Trinajstić information content (AvgIpc) is 3.46. The van der Waals surface area contributed by atoms with Gasteiger partial charge in [0.1, 0.15) is 11.2 Å². The molecule has 39 heavy (non-hydrogen) atoms. The molecule has 1 N–H and O–H groups in total. The van der Waals surface area contributed by atoms with Crippen LogP contribution in [0.3, 0.4) is 0 Å². The van der Waals surface area contributed by atoms with Gasteiger partial charge in [0, 0.05) is 44.1 Å². The van der Waals surface area contributed by atoms with Crippen LogP contribution in [0, 0.1) is 0 Å². The van der Waals surface area contributed by atoms with Gasteiger partial charge in [-0.15, -0.1) is 0 Å². The zero-order chi connectivity index (χ0) is 26.1. The Kier molecular flexibility index (Phi) is 4.60. The van der Waals surface area contributed by atoms with Crippen LogP contribution in [-0.4, -0.2) is 0 Å². The average molecular weight is 502 g/mol. The topological polar surface area (TPSA) is 25.2 Å². The van der Waals surface area contributed by atoms with Crippen LogP contribution in [0.4, 0.5) is 11.4 Å². The fraction of sp³-hybridized carbons (Fsp3) is 0.0811. The number of para-hydroxylation sites is 1. The van der Waals surface area contributed by atoms with Crippen LogP contribution in [0.1, 0.15) is 25.0 Å². The lowest BCUT2D eigenvalue weighted by molar-refractivity contribution is 0.660. The van der Waals surface area contributed by atoms with Crippen LogP contribution in [0.2, 0.25) is 0 Å². The molecule has 0 unspecified atom stereocenters. The summed E-state index contributed by atoms with van der Waals surface area (Å²) in [5, 5.41) is 8.46. The van der Waals surface area contributed by atoms with Crippen LogP contribution in [0.5, 0.6) is 0 Å². The molecule has 0 amide bonds. The van der Waals surface area contributed by atoms with Crippen molar-refractivity contribution in [2.45, 2.75) is 19.3 Å². The summed E-state index contributed by atoms with van der Waals surface area (Å²) in [6.07, 6.45) is 0. The van der Waals surface area contributed by atoms with Gasteiger partial charge in [-0.05, 0) is 58.0 Å². The number of anilines is 2. The van der Waals surface area contributed by atoms with Gasteiger partial charge in [-0.1, -0.05) is 105 Å². The van der Waals surface area contributed by atoms with E-state index in [0.717, 1.165) is 49.8 Å². The van der Waals surface area contributed by atoms with Gasteiger partial charge in [-0.2, -0.15) is 0 Å². The SMILES string of the molecule is CC1(C)c2ccccc2-c2c(Nc3ccccc3-c3ccc4oc5c6ccccc6ccc5c4c3)cccc21. The summed E-state index contributed by atoms with van der Waals surface area (Å²) in [5.74, 6) is 0. The molecule has 2 heteroatoms. The Morgan fingerprint density at radius 2 is 1.31 bits per heavy atom. The molecule has 1 heterocycles. The number of fused-ring (bicyclic) bond motifs is 8. The summed E-state index contributed by atoms with van der Waals surface area (Å²) in [6.45, 7) is 4.64. The lowest BCUT2D eigenvalue weighted by Crippen LogP contribution is -2.14. The van der Waals surface area contributed by atoms with Crippen molar-refractivity contribution in [1.29, 1.82) is 0 Å². The summed E-state index contributed by atoms with van der Waals surface area (Å²) in [6, 6.07) is 43.4. The van der Waals surface area contributed by atoms with Crippen LogP contribution in [0.25, 0.3) is 55.0 Å². The molecule has 1 aliphatic carbocycles. The number of nitrogens with one attached hydrogen (secondary N) is 1. The van der Waals surface area contributed by atoms with Crippen LogP contribution in [0.15, 0.2) is 126 Å². The van der Waals surface area contributed by atoms with Gasteiger partial charge in [-0.3, -0.25) is 0 Å². The lowest BCUT2D eigenvalue weighted by Gasteiger charge is -2.22. The van der Waals surface area contributed by atoms with Crippen molar-refractivity contribution in [3.8, 4) is 22.3 Å². The Balaban J connectivity index is 1.27. The second-order valence-electron chi connectivity index (χ2n) is 11.0. The minimum Gasteiger partial charge on any atom is -0.455 e. The molecule has 7 aromatic rings. The van der Waals surface area contributed by atoms with Gasteiger partial charge in [0.2, 0.25) is 0 Å². The Bertz CT molecular complexity index is 2080. The first-order valence-corrected chi connectivity index (χ1v) is 13.5. The first-order valence-electron chi connectivity index (χ1n) is 13.5. The molecule has 0 radical (unpaired) electrons. The highest BCUT2D eigenvalue weighted by atomic mass is 16.3. The fourth-order valence-electron chi connectivity index (χ4n) is 6.52. The summed E-state index contributed by atoms with van der Waals surface area (Å²) in [4.78, 5) is 0. The monoisotopic (exact) mass is 501 g/mol. The smallest absolute Gasteiger partial charge is 0.143 e. The van der Waals surface area contributed by atoms with E-state index in [2.05, 4.69) is 140 Å². The fourth-order valence-corrected chi connectivity index (χ4v) is 6.52. The number of hydrogen-bond acceptors (Lipinski definition) is 2. The maximum Gasteiger partial charge on any atom is 0.143 e. The van der Waals surface area contributed by atoms with Crippen molar-refractivity contribution in [3.05, 3.63) is 132 Å². The lowest BCUT2D eigenvalue weighted by atomic mass is 9.82. The van der Waals surface area contributed by atoms with Crippen molar-refractivity contribution in [2.24, 2.45) is 0 Å². The van der Waals surface area contributed by atoms with E-state index in [0.29, 0.717) is 0 Å². The quantitative estimate of drug-likeness (QED) is 0.260. The van der Waals surface area contributed by atoms with Crippen LogP contribution < -0.4 is 5.32 Å². The zero-order valence-corrected chi connectivity index (χ0v) is 22.0. The van der Waals surface area contributed by atoms with Crippen molar-refractivity contribution < 1.29 is 4.42 Å². The van der Waals surface area contributed by atoms with Crippen molar-refractivity contribution in [1.82, 2.24) is 0 Å². The summed E-state index contributed by atoms with van der Waals surface area (Å²) >= 11 is 0. The summed E-state index contributed by atoms with van der Waals surface area (Å²) in [7, 11) is 0. The van der Waals surface area contributed by atoms with E-state index in [-0.39, 0.29) is 5.41 Å². The third-order valence-electron chi connectivity index (χ3n) is 8.48. The second-order valence-corrected chi connectivity index (χ2v) is 11.0. The zero-order valence-electron chi connectivity index (χ0n) is 22.0. The Morgan fingerprint density at radius 1 is 0.564 bits per heavy atom. The van der Waals surface area contributed by atoms with E-state index in [1.54, 1.807) is 0 Å². The van der Waals surface area contributed by atoms with Crippen molar-refractivity contribution in [3.63, 3.8) is 0 Å². The molecular weight excluding hydrogens is 474 g/mol. The van der Waals surface area contributed by atoms with Crippen molar-refractivity contribution >= 4 is 44.1 Å². The van der Waals surface area contributed by atoms with Gasteiger partial charge in [-0.25, -0.2) is 0 Å². The van der Waals surface area contributed by atoms with Gasteiger partial charge in [0.25, 0.3) is 0 Å². The van der Waals surface area contributed by atoms with Crippen molar-refractivity contribution in [2.75, 3.05) is 5.32 Å². The Hall–Kier alpha value is -4.82. The predicted molar refractivity (Wildman–Crippen MR) is 164 cm³/mol. The van der Waals surface area contributed by atoms with E-state index in [9.17, 15) is 0 Å². The molecule has 0 saturated carbocycles. The van der Waals surface area contributed by atoms with Gasteiger partial charge in [0.15, 0.2) is 0 Å². The Labute approximate surface area is 227 Å². The van der Waals surface area contributed by atoms with Gasteiger partial charge in [0.05, 0.1) is 0 Å². The van der Waals surface area contributed by atoms with E-state index in [4.69, 9.17) is 4.42 Å². The number of benzene rings is 6. The maximum absolute atomic E-state index is 6.37. The molecule has 186 valence electrons. The first kappa shape index (κ1) is 22.2. The molecule has 0 fully saturated rings. The van der Waals surface area contributed by atoms with E-state index < -0.39 is 0 Å². The van der Waals surface area contributed by atoms with E-state index in [1.807, 2.05) is 0 Å². The Morgan fingerprint density at radius 3 is 2.23 bits per heavy atom. The second kappa shape index (κ2) is 8.09. The third kappa shape index (κ3) is 3.21. The summed E-state index contributed by atoms with van der Waals surface area (Å²) in [5.41, 5.74) is 11.8. The number of rotatable bonds is 3. The first-order chi connectivity index (χ1) is 19.1. The maximum atomic E-state index is 6.37. The molecule has 6 aromatic carbocycles. The summed E-state index contributed by atoms with van der Waals surface area (Å²) < 4.78 is 6.37. The molecule has 0 atom stereocenters. The normalized spacial score (nSPS) is 13.6. The van der Waals surface area contributed by atoms with E-state index in [1.165, 1.54) is 27.6 Å². The molecule has 0 bridgehead atoms. The molecule has 0 aliphatic heterocycles. The highest BCUT2D eigenvalue weighted by Crippen LogP contribution is 2.52. The highest BCUT2D eigenvalue weighted by molar-refractivity contribution is 6.15. The largest absolute Gasteiger partial charge is 0.455 e. The predicted octanol–water partition coefficient (Wildman–Crippen LogP) is 10.5. The molecule has 2 nitrogen and oxygen atoms in total. The minimum absolute atomic E-state index is 0.0271. The molecule has 8 rings (SSSR count). The molecule has 0 saturated heterocycles. The molecule has 0 spiro atoms. The minimum atomic E-state index is -0.0271. The van der Waals surface area contributed by atoms with Crippen LogP contribution >= 0.6 is 0 Å². The van der Waals surface area contributed by atoms with Gasteiger partial charge >= 0.3 is 0 Å². The molecule has 1 aliphatic rings. The van der Waals surface area contributed by atoms with Crippen LogP contribution in [-0.2, 0) is 5.41 Å². The van der Waals surface area contributed by atoms with E-state index >= 15 is 0 Å². The molecule has 1 aromatic heterocycles. The number of hydrogen-bond donors (Lipinski definition) is 1. The third-order valence-corrected chi connectivity index (χ3v) is 8.48.